The Morgan fingerprint density at radius 2 is 1.74 bits per heavy atom. The van der Waals surface area contributed by atoms with Crippen molar-refractivity contribution in [2.75, 3.05) is 13.1 Å². The van der Waals surface area contributed by atoms with Crippen LogP contribution in [0.4, 0.5) is 13.2 Å². The van der Waals surface area contributed by atoms with Crippen LogP contribution in [0.1, 0.15) is 31.8 Å². The Hall–Kier alpha value is -3.71. The van der Waals surface area contributed by atoms with Gasteiger partial charge in [-0.15, -0.1) is 35.8 Å². The average Bonchev–Trinajstić information content (AvgIpc) is 3.42. The molecule has 13 heteroatoms. The lowest BCUT2D eigenvalue weighted by molar-refractivity contribution is -0.274. The Morgan fingerprint density at radius 3 is 2.37 bits per heavy atom. The van der Waals surface area contributed by atoms with Crippen molar-refractivity contribution >= 4 is 46.0 Å². The Morgan fingerprint density at radius 1 is 1.09 bits per heavy atom. The Balaban J connectivity index is 1.67. The van der Waals surface area contributed by atoms with Gasteiger partial charge in [0.2, 0.25) is 0 Å². The largest absolute Gasteiger partial charge is 0.573 e. The summed E-state index contributed by atoms with van der Waals surface area (Å²) in [4.78, 5) is 39.9. The number of thiophene rings is 2. The third-order valence-corrected chi connectivity index (χ3v) is 6.61. The predicted octanol–water partition coefficient (Wildman–Crippen LogP) is 4.59. The first-order valence-corrected chi connectivity index (χ1v) is 11.5. The van der Waals surface area contributed by atoms with Gasteiger partial charge in [0, 0.05) is 16.7 Å². The molecule has 3 aromatic rings. The molecular weight excluding hydrogens is 509 g/mol. The Labute approximate surface area is 204 Å². The number of aliphatic carboxylic acids is 1. The molecule has 0 bridgehead atoms. The number of ketones is 1. The molecule has 0 aliphatic rings. The summed E-state index contributed by atoms with van der Waals surface area (Å²) in [6.07, 6.45) is -4.80. The number of alkyl halides is 3. The fourth-order valence-corrected chi connectivity index (χ4v) is 4.69. The highest BCUT2D eigenvalue weighted by molar-refractivity contribution is 7.16. The molecular formula is C22H17F3N2O6S2. The normalized spacial score (nSPS) is 11.8. The minimum Gasteiger partial charge on any atom is -0.506 e. The Kier molecular flexibility index (Phi) is 7.92. The summed E-state index contributed by atoms with van der Waals surface area (Å²) in [7, 11) is 0. The molecule has 184 valence electrons. The van der Waals surface area contributed by atoms with Crippen molar-refractivity contribution in [2.45, 2.75) is 13.3 Å². The molecule has 3 rings (SSSR count). The van der Waals surface area contributed by atoms with Crippen LogP contribution in [0.25, 0.3) is 10.4 Å². The van der Waals surface area contributed by atoms with Crippen molar-refractivity contribution in [3.8, 4) is 21.9 Å². The molecule has 2 aromatic heterocycles. The molecule has 0 aliphatic heterocycles. The second-order valence-electron chi connectivity index (χ2n) is 6.96. The van der Waals surface area contributed by atoms with E-state index >= 15 is 0 Å². The quantitative estimate of drug-likeness (QED) is 0.277. The second-order valence-corrected chi connectivity index (χ2v) is 8.93. The maximum Gasteiger partial charge on any atom is 0.573 e. The van der Waals surface area contributed by atoms with Gasteiger partial charge in [-0.1, -0.05) is 0 Å². The zero-order valence-electron chi connectivity index (χ0n) is 17.9. The van der Waals surface area contributed by atoms with Gasteiger partial charge in [-0.25, -0.2) is 0 Å². The molecule has 0 radical (unpaired) electrons. The van der Waals surface area contributed by atoms with Crippen LogP contribution in [0.3, 0.4) is 0 Å². The maximum absolute atomic E-state index is 12.5. The molecule has 35 heavy (non-hydrogen) atoms. The summed E-state index contributed by atoms with van der Waals surface area (Å²) in [5.41, 5.74) is 1.21. The van der Waals surface area contributed by atoms with E-state index in [1.54, 1.807) is 12.3 Å². The molecule has 1 amide bonds. The number of carbonyl (C=O) groups excluding carboxylic acids is 2. The van der Waals surface area contributed by atoms with Crippen molar-refractivity contribution in [1.29, 1.82) is 0 Å². The molecule has 2 heterocycles. The summed E-state index contributed by atoms with van der Waals surface area (Å²) >= 11 is 2.06. The number of nitrogens with zero attached hydrogens (tertiary/aromatic N) is 1. The van der Waals surface area contributed by atoms with E-state index in [9.17, 15) is 32.7 Å². The number of benzene rings is 1. The molecule has 0 unspecified atom stereocenters. The molecule has 0 atom stereocenters. The van der Waals surface area contributed by atoms with Gasteiger partial charge in [0.05, 0.1) is 14.6 Å². The van der Waals surface area contributed by atoms with E-state index in [1.807, 2.05) is 0 Å². The van der Waals surface area contributed by atoms with E-state index in [2.05, 4.69) is 15.0 Å². The molecule has 0 fully saturated rings. The fourth-order valence-electron chi connectivity index (χ4n) is 2.83. The van der Waals surface area contributed by atoms with Crippen LogP contribution in [0.2, 0.25) is 0 Å². The highest BCUT2D eigenvalue weighted by atomic mass is 32.1. The summed E-state index contributed by atoms with van der Waals surface area (Å²) in [6, 6.07) is 7.89. The minimum absolute atomic E-state index is 0.123. The monoisotopic (exact) mass is 526 g/mol. The maximum atomic E-state index is 12.5. The van der Waals surface area contributed by atoms with Crippen LogP contribution in [0.15, 0.2) is 46.8 Å². The van der Waals surface area contributed by atoms with Gasteiger partial charge in [-0.2, -0.15) is 0 Å². The van der Waals surface area contributed by atoms with Crippen molar-refractivity contribution in [3.05, 3.63) is 57.1 Å². The van der Waals surface area contributed by atoms with Crippen LogP contribution in [-0.4, -0.2) is 53.0 Å². The smallest absolute Gasteiger partial charge is 0.506 e. The molecule has 1 aromatic carbocycles. The van der Waals surface area contributed by atoms with Gasteiger partial charge < -0.3 is 20.3 Å². The van der Waals surface area contributed by atoms with Crippen molar-refractivity contribution < 1.29 is 42.5 Å². The standard InChI is InChI=1S/C22H17F3N2O6S2/c1-11(26-8-15(28)16-6-7-17(35-16)21(32)27-9-18(29)30)14-10-34-20(19(14)31)12-2-4-13(5-3-12)33-22(23,24)25/h2-7,10,31H,8-9H2,1H3,(H,27,32)(H,29,30). The van der Waals surface area contributed by atoms with Gasteiger partial charge in [0.15, 0.2) is 5.78 Å². The predicted molar refractivity (Wildman–Crippen MR) is 124 cm³/mol. The topological polar surface area (TPSA) is 125 Å². The van der Waals surface area contributed by atoms with Crippen molar-refractivity contribution in [3.63, 3.8) is 0 Å². The zero-order valence-corrected chi connectivity index (χ0v) is 19.5. The SMILES string of the molecule is CC(=NCC(=O)c1ccc(C(=O)NCC(=O)O)s1)c1csc(-c2ccc(OC(F)(F)F)cc2)c1O. The first-order valence-electron chi connectivity index (χ1n) is 9.75. The summed E-state index contributed by atoms with van der Waals surface area (Å²) in [6.45, 7) is 0.802. The molecule has 0 spiro atoms. The van der Waals surface area contributed by atoms with Crippen molar-refractivity contribution in [2.24, 2.45) is 4.99 Å². The molecule has 0 saturated heterocycles. The summed E-state index contributed by atoms with van der Waals surface area (Å²) in [5, 5.41) is 23.0. The number of carbonyl (C=O) groups is 3. The zero-order chi connectivity index (χ0) is 25.8. The van der Waals surface area contributed by atoms with Gasteiger partial charge in [-0.05, 0) is 48.9 Å². The highest BCUT2D eigenvalue weighted by Crippen LogP contribution is 2.39. The first kappa shape index (κ1) is 25.9. The third-order valence-electron chi connectivity index (χ3n) is 4.47. The lowest BCUT2D eigenvalue weighted by Crippen LogP contribution is -2.28. The lowest BCUT2D eigenvalue weighted by Gasteiger charge is -2.09. The minimum atomic E-state index is -4.80. The molecule has 8 nitrogen and oxygen atoms in total. The van der Waals surface area contributed by atoms with Crippen LogP contribution in [-0.2, 0) is 4.79 Å². The third kappa shape index (κ3) is 6.90. The number of amides is 1. The van der Waals surface area contributed by atoms with E-state index in [0.717, 1.165) is 34.8 Å². The van der Waals surface area contributed by atoms with Crippen LogP contribution in [0, 0.1) is 0 Å². The number of hydrogen-bond donors (Lipinski definition) is 3. The van der Waals surface area contributed by atoms with Gasteiger partial charge >= 0.3 is 12.3 Å². The van der Waals surface area contributed by atoms with E-state index in [0.29, 0.717) is 21.7 Å². The van der Waals surface area contributed by atoms with E-state index < -0.39 is 24.8 Å². The fraction of sp³-hybridized carbons (Fsp3) is 0.182. The highest BCUT2D eigenvalue weighted by Gasteiger charge is 2.31. The molecule has 0 saturated carbocycles. The average molecular weight is 527 g/mol. The number of carboxylic acid groups (broad SMARTS) is 1. The van der Waals surface area contributed by atoms with Gasteiger partial charge in [-0.3, -0.25) is 19.4 Å². The first-order chi connectivity index (χ1) is 16.4. The number of aliphatic imine (C=N–C) groups is 1. The number of aromatic hydroxyl groups is 1. The number of Topliss-reactive ketones (excluding diaryl/α,β-unsaturated/α-hetero) is 1. The number of ether oxygens (including phenoxy) is 1. The number of halogens is 3. The van der Waals surface area contributed by atoms with E-state index in [1.165, 1.54) is 24.3 Å². The number of carboxylic acids is 1. The lowest BCUT2D eigenvalue weighted by atomic mass is 10.1. The van der Waals surface area contributed by atoms with Crippen molar-refractivity contribution in [1.82, 2.24) is 5.32 Å². The number of hydrogen-bond acceptors (Lipinski definition) is 8. The van der Waals surface area contributed by atoms with Crippen LogP contribution < -0.4 is 10.1 Å². The van der Waals surface area contributed by atoms with E-state index in [4.69, 9.17) is 5.11 Å². The molecule has 3 N–H and O–H groups in total. The second kappa shape index (κ2) is 10.7. The van der Waals surface area contributed by atoms with Crippen LogP contribution >= 0.6 is 22.7 Å². The Bertz CT molecular complexity index is 1280. The summed E-state index contributed by atoms with van der Waals surface area (Å²) < 4.78 is 40.8. The number of nitrogens with one attached hydrogen (secondary N) is 1. The van der Waals surface area contributed by atoms with Gasteiger partial charge in [0.25, 0.3) is 5.91 Å². The summed E-state index contributed by atoms with van der Waals surface area (Å²) in [5.74, 6) is -2.68. The van der Waals surface area contributed by atoms with E-state index in [-0.39, 0.29) is 33.6 Å². The van der Waals surface area contributed by atoms with Crippen LogP contribution in [0.5, 0.6) is 11.5 Å². The molecule has 0 aliphatic carbocycles. The van der Waals surface area contributed by atoms with Gasteiger partial charge in [0.1, 0.15) is 24.6 Å². The number of rotatable bonds is 9.